The molecule has 94 valence electrons. The number of aromatic nitrogens is 2. The Morgan fingerprint density at radius 1 is 1.28 bits per heavy atom. The van der Waals surface area contributed by atoms with Crippen LogP contribution < -0.4 is 5.69 Å². The number of aryl methyl sites for hydroxylation is 1. The Bertz CT molecular complexity index is 625. The fourth-order valence-corrected chi connectivity index (χ4v) is 1.78. The first-order valence-corrected chi connectivity index (χ1v) is 5.51. The molecule has 0 aliphatic heterocycles. The average Bonchev–Trinajstić information content (AvgIpc) is 2.70. The second-order valence-electron chi connectivity index (χ2n) is 3.97. The van der Waals surface area contributed by atoms with E-state index in [0.717, 1.165) is 5.56 Å². The molecule has 2 aromatic rings. The predicted octanol–water partition coefficient (Wildman–Crippen LogP) is 1.02. The number of carbonyl (C=O) groups excluding carboxylic acids is 1. The van der Waals surface area contributed by atoms with Gasteiger partial charge >= 0.3 is 11.7 Å². The van der Waals surface area contributed by atoms with E-state index in [1.807, 2.05) is 12.1 Å². The lowest BCUT2D eigenvalue weighted by Gasteiger charge is -2.07. The number of nitrogens with zero attached hydrogens (tertiary/aromatic N) is 2. The molecule has 2 rings (SSSR count). The van der Waals surface area contributed by atoms with E-state index < -0.39 is 5.97 Å². The summed E-state index contributed by atoms with van der Waals surface area (Å²) in [6, 6.07) is 7.10. The average molecular weight is 246 g/mol. The molecular weight excluding hydrogens is 232 g/mol. The van der Waals surface area contributed by atoms with Crippen LogP contribution in [0.5, 0.6) is 0 Å². The molecule has 0 spiro atoms. The third-order valence-electron chi connectivity index (χ3n) is 2.78. The molecule has 18 heavy (non-hydrogen) atoms. The van der Waals surface area contributed by atoms with Gasteiger partial charge in [-0.05, 0) is 11.6 Å². The van der Waals surface area contributed by atoms with E-state index in [0.29, 0.717) is 12.1 Å². The molecule has 1 aromatic heterocycles. The second-order valence-corrected chi connectivity index (χ2v) is 3.97. The van der Waals surface area contributed by atoms with Crippen LogP contribution in [0.2, 0.25) is 0 Å². The second kappa shape index (κ2) is 4.91. The zero-order chi connectivity index (χ0) is 13.1. The molecule has 0 saturated carbocycles. The summed E-state index contributed by atoms with van der Waals surface area (Å²) >= 11 is 0. The number of benzene rings is 1. The Labute approximate surface area is 104 Å². The van der Waals surface area contributed by atoms with E-state index in [4.69, 9.17) is 4.74 Å². The maximum absolute atomic E-state index is 11.7. The van der Waals surface area contributed by atoms with Crippen LogP contribution in [0.1, 0.15) is 15.9 Å². The van der Waals surface area contributed by atoms with E-state index in [2.05, 4.69) is 0 Å². The van der Waals surface area contributed by atoms with E-state index in [1.165, 1.54) is 11.7 Å². The van der Waals surface area contributed by atoms with E-state index in [9.17, 15) is 9.59 Å². The van der Waals surface area contributed by atoms with Crippen LogP contribution in [-0.4, -0.2) is 22.2 Å². The van der Waals surface area contributed by atoms with Crippen molar-refractivity contribution in [3.63, 3.8) is 0 Å². The largest absolute Gasteiger partial charge is 0.465 e. The summed E-state index contributed by atoms with van der Waals surface area (Å²) in [6.07, 6.45) is 3.37. The molecule has 0 unspecified atom stereocenters. The van der Waals surface area contributed by atoms with Crippen LogP contribution in [0, 0.1) is 0 Å². The number of esters is 1. The van der Waals surface area contributed by atoms with Gasteiger partial charge in [0.05, 0.1) is 19.2 Å². The third kappa shape index (κ3) is 2.20. The van der Waals surface area contributed by atoms with Crippen molar-refractivity contribution in [2.75, 3.05) is 7.11 Å². The Kier molecular flexibility index (Phi) is 3.32. The van der Waals surface area contributed by atoms with Gasteiger partial charge in [0.1, 0.15) is 0 Å². The molecule has 0 aliphatic rings. The molecule has 0 aliphatic carbocycles. The van der Waals surface area contributed by atoms with Crippen LogP contribution in [0.25, 0.3) is 0 Å². The number of rotatable bonds is 3. The molecule has 0 atom stereocenters. The summed E-state index contributed by atoms with van der Waals surface area (Å²) in [5.41, 5.74) is 1.13. The predicted molar refractivity (Wildman–Crippen MR) is 66.6 cm³/mol. The number of methoxy groups -OCH3 is 1. The van der Waals surface area contributed by atoms with Crippen LogP contribution in [0.3, 0.4) is 0 Å². The molecule has 0 radical (unpaired) electrons. The van der Waals surface area contributed by atoms with Gasteiger partial charge in [0.15, 0.2) is 0 Å². The number of ether oxygens (including phenoxy) is 1. The summed E-state index contributed by atoms with van der Waals surface area (Å²) in [7, 11) is 3.03. The maximum atomic E-state index is 11.7. The Balaban J connectivity index is 2.38. The smallest absolute Gasteiger partial charge is 0.338 e. The molecule has 1 aromatic carbocycles. The number of hydrogen-bond donors (Lipinski definition) is 0. The zero-order valence-corrected chi connectivity index (χ0v) is 10.3. The van der Waals surface area contributed by atoms with Crippen molar-refractivity contribution >= 4 is 5.97 Å². The minimum atomic E-state index is -0.394. The van der Waals surface area contributed by atoms with Crippen molar-refractivity contribution in [2.24, 2.45) is 7.05 Å². The van der Waals surface area contributed by atoms with Crippen molar-refractivity contribution < 1.29 is 9.53 Å². The standard InChI is InChI=1S/C13H14N2O3/c1-14-7-8-15(13(14)17)9-10-5-3-4-6-11(10)12(16)18-2/h3-8H,9H2,1-2H3. The first-order chi connectivity index (χ1) is 8.63. The van der Waals surface area contributed by atoms with E-state index >= 15 is 0 Å². The summed E-state index contributed by atoms with van der Waals surface area (Å²) in [4.78, 5) is 23.3. The minimum absolute atomic E-state index is 0.116. The third-order valence-corrected chi connectivity index (χ3v) is 2.78. The van der Waals surface area contributed by atoms with E-state index in [1.54, 1.807) is 36.1 Å². The van der Waals surface area contributed by atoms with Gasteiger partial charge in [-0.25, -0.2) is 9.59 Å². The number of hydrogen-bond acceptors (Lipinski definition) is 3. The lowest BCUT2D eigenvalue weighted by molar-refractivity contribution is 0.0599. The maximum Gasteiger partial charge on any atom is 0.338 e. The molecule has 1 heterocycles. The van der Waals surface area contributed by atoms with Crippen LogP contribution >= 0.6 is 0 Å². The SMILES string of the molecule is COC(=O)c1ccccc1Cn1ccn(C)c1=O. The van der Waals surface area contributed by atoms with Crippen molar-refractivity contribution in [1.82, 2.24) is 9.13 Å². The van der Waals surface area contributed by atoms with E-state index in [-0.39, 0.29) is 5.69 Å². The van der Waals surface area contributed by atoms with Crippen molar-refractivity contribution in [3.05, 3.63) is 58.3 Å². The molecular formula is C13H14N2O3. The van der Waals surface area contributed by atoms with Crippen LogP contribution in [0.4, 0.5) is 0 Å². The fourth-order valence-electron chi connectivity index (χ4n) is 1.78. The van der Waals surface area contributed by atoms with Crippen molar-refractivity contribution in [1.29, 1.82) is 0 Å². The molecule has 0 N–H and O–H groups in total. The lowest BCUT2D eigenvalue weighted by Crippen LogP contribution is -2.23. The van der Waals surface area contributed by atoms with Gasteiger partial charge in [-0.2, -0.15) is 0 Å². The summed E-state index contributed by atoms with van der Waals surface area (Å²) < 4.78 is 7.75. The molecule has 5 heteroatoms. The molecule has 0 saturated heterocycles. The minimum Gasteiger partial charge on any atom is -0.465 e. The highest BCUT2D eigenvalue weighted by Crippen LogP contribution is 2.11. The lowest BCUT2D eigenvalue weighted by atomic mass is 10.1. The van der Waals surface area contributed by atoms with Crippen molar-refractivity contribution in [2.45, 2.75) is 6.54 Å². The highest BCUT2D eigenvalue weighted by Gasteiger charge is 2.12. The van der Waals surface area contributed by atoms with Gasteiger partial charge in [0.2, 0.25) is 0 Å². The highest BCUT2D eigenvalue weighted by molar-refractivity contribution is 5.90. The Morgan fingerprint density at radius 2 is 2.00 bits per heavy atom. The van der Waals surface area contributed by atoms with Gasteiger partial charge in [-0.3, -0.25) is 4.57 Å². The number of imidazole rings is 1. The summed E-state index contributed by atoms with van der Waals surface area (Å²) in [5, 5.41) is 0. The summed E-state index contributed by atoms with van der Waals surface area (Å²) in [6.45, 7) is 0.352. The monoisotopic (exact) mass is 246 g/mol. The topological polar surface area (TPSA) is 53.2 Å². The van der Waals surface area contributed by atoms with Crippen molar-refractivity contribution in [3.8, 4) is 0 Å². The first kappa shape index (κ1) is 12.2. The van der Waals surface area contributed by atoms with Crippen LogP contribution in [-0.2, 0) is 18.3 Å². The fraction of sp³-hybridized carbons (Fsp3) is 0.231. The van der Waals surface area contributed by atoms with Gasteiger partial charge in [0, 0.05) is 19.4 Å². The normalized spacial score (nSPS) is 10.3. The quantitative estimate of drug-likeness (QED) is 0.760. The summed E-state index contributed by atoms with van der Waals surface area (Å²) in [5.74, 6) is -0.394. The molecule has 0 bridgehead atoms. The highest BCUT2D eigenvalue weighted by atomic mass is 16.5. The Hall–Kier alpha value is -2.30. The van der Waals surface area contributed by atoms with Gasteiger partial charge in [0.25, 0.3) is 0 Å². The van der Waals surface area contributed by atoms with Gasteiger partial charge in [-0.15, -0.1) is 0 Å². The molecule has 5 nitrogen and oxygen atoms in total. The van der Waals surface area contributed by atoms with Crippen LogP contribution in [0.15, 0.2) is 41.5 Å². The first-order valence-electron chi connectivity index (χ1n) is 5.51. The molecule has 0 amide bonds. The zero-order valence-electron chi connectivity index (χ0n) is 10.3. The Morgan fingerprint density at radius 3 is 2.61 bits per heavy atom. The van der Waals surface area contributed by atoms with Gasteiger partial charge < -0.3 is 9.30 Å². The van der Waals surface area contributed by atoms with Gasteiger partial charge in [-0.1, -0.05) is 18.2 Å². The number of carbonyl (C=O) groups is 1. The molecule has 0 fully saturated rings.